The van der Waals surface area contributed by atoms with Crippen molar-refractivity contribution in [3.8, 4) is 17.1 Å². The van der Waals surface area contributed by atoms with Gasteiger partial charge in [-0.3, -0.25) is 9.78 Å². The number of aromatic nitrogens is 5. The molecule has 1 aliphatic heterocycles. The van der Waals surface area contributed by atoms with Gasteiger partial charge in [-0.2, -0.15) is 4.98 Å². The van der Waals surface area contributed by atoms with E-state index in [2.05, 4.69) is 30.7 Å². The maximum atomic E-state index is 13.4. The number of hydrogen-bond donors (Lipinski definition) is 3. The Hall–Kier alpha value is -4.53. The van der Waals surface area contributed by atoms with Crippen LogP contribution in [-0.2, 0) is 4.79 Å². The molecule has 1 aromatic carbocycles. The van der Waals surface area contributed by atoms with Gasteiger partial charge in [-0.1, -0.05) is 18.2 Å². The number of amides is 1. The molecule has 158 valence electrons. The molecule has 9 heteroatoms. The van der Waals surface area contributed by atoms with Crippen LogP contribution in [0.4, 0.5) is 11.8 Å². The summed E-state index contributed by atoms with van der Waals surface area (Å²) < 4.78 is 1.65. The number of phenolic OH excluding ortho intramolecular Hbond substituents is 1. The van der Waals surface area contributed by atoms with E-state index in [9.17, 15) is 9.90 Å². The second-order valence-electron chi connectivity index (χ2n) is 7.28. The fourth-order valence-electron chi connectivity index (χ4n) is 3.69. The molecule has 0 bridgehead atoms. The lowest BCUT2D eigenvalue weighted by molar-refractivity contribution is -0.113. The molecule has 9 nitrogen and oxygen atoms in total. The van der Waals surface area contributed by atoms with Crippen LogP contribution in [-0.4, -0.2) is 35.7 Å². The third-order valence-electron chi connectivity index (χ3n) is 5.11. The summed E-state index contributed by atoms with van der Waals surface area (Å²) in [5.41, 5.74) is 2.52. The summed E-state index contributed by atoms with van der Waals surface area (Å²) in [4.78, 5) is 26.3. The quantitative estimate of drug-likeness (QED) is 0.459. The molecule has 32 heavy (non-hydrogen) atoms. The number of nitrogens with one attached hydrogen (secondary N) is 2. The van der Waals surface area contributed by atoms with Gasteiger partial charge in [0.1, 0.15) is 17.6 Å². The number of rotatable bonds is 4. The van der Waals surface area contributed by atoms with E-state index >= 15 is 0 Å². The average Bonchev–Trinajstić information content (AvgIpc) is 3.23. The minimum atomic E-state index is -0.611. The van der Waals surface area contributed by atoms with Crippen LogP contribution >= 0.6 is 0 Å². The molecule has 0 aliphatic carbocycles. The number of fused-ring (bicyclic) bond motifs is 1. The van der Waals surface area contributed by atoms with Gasteiger partial charge in [-0.15, -0.1) is 5.10 Å². The molecular formula is C23H19N7O2. The first-order chi connectivity index (χ1) is 15.6. The number of anilines is 2. The summed E-state index contributed by atoms with van der Waals surface area (Å²) >= 11 is 0. The van der Waals surface area contributed by atoms with E-state index in [1.54, 1.807) is 59.7 Å². The van der Waals surface area contributed by atoms with E-state index in [1.807, 2.05) is 25.1 Å². The number of carbonyl (C=O) groups is 1. The number of pyridine rings is 2. The second-order valence-corrected chi connectivity index (χ2v) is 7.28. The third kappa shape index (κ3) is 3.56. The van der Waals surface area contributed by atoms with Crippen molar-refractivity contribution in [2.24, 2.45) is 0 Å². The molecule has 1 unspecified atom stereocenters. The van der Waals surface area contributed by atoms with E-state index in [0.29, 0.717) is 34.4 Å². The minimum Gasteiger partial charge on any atom is -0.508 e. The van der Waals surface area contributed by atoms with Crippen LogP contribution in [0.15, 0.2) is 84.5 Å². The molecule has 1 atom stereocenters. The molecule has 3 aromatic heterocycles. The van der Waals surface area contributed by atoms with Crippen molar-refractivity contribution in [1.82, 2.24) is 24.7 Å². The number of allylic oxidation sites excluding steroid dienone is 1. The van der Waals surface area contributed by atoms with Crippen LogP contribution in [0.2, 0.25) is 0 Å². The zero-order valence-corrected chi connectivity index (χ0v) is 17.1. The number of carbonyl (C=O) groups excluding carboxylic acids is 1. The highest BCUT2D eigenvalue weighted by molar-refractivity contribution is 6.05. The van der Waals surface area contributed by atoms with Crippen molar-refractivity contribution in [2.75, 3.05) is 10.6 Å². The first-order valence-corrected chi connectivity index (χ1v) is 9.96. The molecule has 1 amide bonds. The predicted molar refractivity (Wildman–Crippen MR) is 119 cm³/mol. The monoisotopic (exact) mass is 425 g/mol. The van der Waals surface area contributed by atoms with Crippen molar-refractivity contribution in [3.05, 3.63) is 90.0 Å². The highest BCUT2D eigenvalue weighted by Gasteiger charge is 2.34. The van der Waals surface area contributed by atoms with Gasteiger partial charge in [0.25, 0.3) is 5.91 Å². The SMILES string of the molecule is CC1=C(C(=O)Nc2ccccn2)C(c2cccc(O)c2)n2nc(-c3cccnc3)nc2N1. The number of hydrogen-bond acceptors (Lipinski definition) is 7. The first kappa shape index (κ1) is 19.4. The number of aromatic hydroxyl groups is 1. The highest BCUT2D eigenvalue weighted by atomic mass is 16.3. The molecule has 4 heterocycles. The van der Waals surface area contributed by atoms with Crippen molar-refractivity contribution in [1.29, 1.82) is 0 Å². The van der Waals surface area contributed by atoms with Crippen molar-refractivity contribution in [3.63, 3.8) is 0 Å². The van der Waals surface area contributed by atoms with Gasteiger partial charge < -0.3 is 15.7 Å². The van der Waals surface area contributed by atoms with Gasteiger partial charge in [0.2, 0.25) is 5.95 Å². The lowest BCUT2D eigenvalue weighted by atomic mass is 9.95. The molecule has 0 saturated heterocycles. The van der Waals surface area contributed by atoms with Gasteiger partial charge in [0, 0.05) is 29.9 Å². The Balaban J connectivity index is 1.62. The maximum absolute atomic E-state index is 13.4. The highest BCUT2D eigenvalue weighted by Crippen LogP contribution is 2.37. The van der Waals surface area contributed by atoms with Gasteiger partial charge in [0.15, 0.2) is 5.82 Å². The summed E-state index contributed by atoms with van der Waals surface area (Å²) in [6.45, 7) is 1.81. The molecule has 4 aromatic rings. The zero-order chi connectivity index (χ0) is 22.1. The Morgan fingerprint density at radius 3 is 2.78 bits per heavy atom. The molecule has 0 fully saturated rings. The Morgan fingerprint density at radius 2 is 2.03 bits per heavy atom. The molecule has 0 radical (unpaired) electrons. The number of phenols is 1. The van der Waals surface area contributed by atoms with E-state index < -0.39 is 6.04 Å². The van der Waals surface area contributed by atoms with Gasteiger partial charge in [-0.05, 0) is 48.9 Å². The lowest BCUT2D eigenvalue weighted by Crippen LogP contribution is -2.31. The molecule has 1 aliphatic rings. The van der Waals surface area contributed by atoms with E-state index in [1.165, 1.54) is 0 Å². The summed E-state index contributed by atoms with van der Waals surface area (Å²) in [6, 6.07) is 15.1. The summed E-state index contributed by atoms with van der Waals surface area (Å²) in [5.74, 6) is 1.17. The van der Waals surface area contributed by atoms with Crippen LogP contribution in [0, 0.1) is 0 Å². The first-order valence-electron chi connectivity index (χ1n) is 9.96. The zero-order valence-electron chi connectivity index (χ0n) is 17.1. The lowest BCUT2D eigenvalue weighted by Gasteiger charge is -2.28. The fourth-order valence-corrected chi connectivity index (χ4v) is 3.69. The van der Waals surface area contributed by atoms with Crippen LogP contribution in [0.5, 0.6) is 5.75 Å². The molecule has 3 N–H and O–H groups in total. The Kier molecular flexibility index (Phi) is 4.83. The smallest absolute Gasteiger partial charge is 0.257 e. The number of benzene rings is 1. The van der Waals surface area contributed by atoms with Crippen molar-refractivity contribution in [2.45, 2.75) is 13.0 Å². The second kappa shape index (κ2) is 7.95. The van der Waals surface area contributed by atoms with Crippen LogP contribution in [0.25, 0.3) is 11.4 Å². The largest absolute Gasteiger partial charge is 0.508 e. The van der Waals surface area contributed by atoms with Gasteiger partial charge >= 0.3 is 0 Å². The van der Waals surface area contributed by atoms with Crippen LogP contribution in [0.1, 0.15) is 18.5 Å². The predicted octanol–water partition coefficient (Wildman–Crippen LogP) is 3.37. The van der Waals surface area contributed by atoms with E-state index in [-0.39, 0.29) is 11.7 Å². The van der Waals surface area contributed by atoms with Crippen LogP contribution in [0.3, 0.4) is 0 Å². The topological polar surface area (TPSA) is 118 Å². The molecular weight excluding hydrogens is 406 g/mol. The number of nitrogens with zero attached hydrogens (tertiary/aromatic N) is 5. The van der Waals surface area contributed by atoms with Crippen LogP contribution < -0.4 is 10.6 Å². The molecule has 0 saturated carbocycles. The molecule has 0 spiro atoms. The van der Waals surface area contributed by atoms with E-state index in [4.69, 9.17) is 0 Å². The summed E-state index contributed by atoms with van der Waals surface area (Å²) in [7, 11) is 0. The Bertz CT molecular complexity index is 1320. The summed E-state index contributed by atoms with van der Waals surface area (Å²) in [5, 5.41) is 20.8. The fraction of sp³-hybridized carbons (Fsp3) is 0.0870. The standard InChI is InChI=1S/C23H19N7O2/c1-14-19(22(32)27-18-9-2-3-11-25-18)20(15-6-4-8-17(31)12-15)30-23(26-14)28-21(29-30)16-7-5-10-24-13-16/h2-13,20,31H,1H3,(H,25,27,32)(H,26,28,29). The Morgan fingerprint density at radius 1 is 1.12 bits per heavy atom. The maximum Gasteiger partial charge on any atom is 0.257 e. The third-order valence-corrected chi connectivity index (χ3v) is 5.11. The molecule has 5 rings (SSSR count). The normalized spacial score (nSPS) is 15.1. The van der Waals surface area contributed by atoms with Gasteiger partial charge in [0.05, 0.1) is 5.57 Å². The van der Waals surface area contributed by atoms with Crippen molar-refractivity contribution < 1.29 is 9.90 Å². The average molecular weight is 425 g/mol. The van der Waals surface area contributed by atoms with Crippen molar-refractivity contribution >= 4 is 17.7 Å². The Labute approximate surface area is 183 Å². The summed E-state index contributed by atoms with van der Waals surface area (Å²) in [6.07, 6.45) is 4.97. The van der Waals surface area contributed by atoms with E-state index in [0.717, 1.165) is 5.56 Å². The van der Waals surface area contributed by atoms with Gasteiger partial charge in [-0.25, -0.2) is 9.67 Å². The minimum absolute atomic E-state index is 0.0947.